The van der Waals surface area contributed by atoms with Crippen molar-refractivity contribution < 1.29 is 9.21 Å². The van der Waals surface area contributed by atoms with Gasteiger partial charge in [0.05, 0.1) is 30.1 Å². The molecule has 0 aliphatic carbocycles. The number of aliphatic imine (C=N–C) groups is 1. The molecule has 0 spiro atoms. The third-order valence-electron chi connectivity index (χ3n) is 4.30. The van der Waals surface area contributed by atoms with Gasteiger partial charge in [0.15, 0.2) is 5.96 Å². The minimum absolute atomic E-state index is 0. The van der Waals surface area contributed by atoms with E-state index in [-0.39, 0.29) is 29.9 Å². The van der Waals surface area contributed by atoms with Gasteiger partial charge >= 0.3 is 0 Å². The first-order valence-electron chi connectivity index (χ1n) is 9.96. The lowest BCUT2D eigenvalue weighted by atomic mass is 10.1. The van der Waals surface area contributed by atoms with Crippen LogP contribution in [0.2, 0.25) is 0 Å². The third kappa shape index (κ3) is 8.33. The smallest absolute Gasteiger partial charge is 0.251 e. The fourth-order valence-electron chi connectivity index (χ4n) is 2.84. The Morgan fingerprint density at radius 3 is 2.77 bits per heavy atom. The molecule has 166 valence electrons. The van der Waals surface area contributed by atoms with E-state index in [1.165, 1.54) is 0 Å². The van der Waals surface area contributed by atoms with Crippen LogP contribution in [0.25, 0.3) is 0 Å². The van der Waals surface area contributed by atoms with E-state index in [4.69, 9.17) is 4.42 Å². The van der Waals surface area contributed by atoms with Crippen molar-refractivity contribution in [1.82, 2.24) is 20.9 Å². The SMILES string of the molecule is CCNC(=NCc1cccc(C(=O)NCc2ccco2)c1)NCCc1csc(C)n1.I. The quantitative estimate of drug-likeness (QED) is 0.213. The normalized spacial score (nSPS) is 11.0. The van der Waals surface area contributed by atoms with Crippen molar-refractivity contribution in [2.75, 3.05) is 13.1 Å². The number of amides is 1. The number of carbonyl (C=O) groups is 1. The largest absolute Gasteiger partial charge is 0.467 e. The molecule has 3 rings (SSSR count). The van der Waals surface area contributed by atoms with Gasteiger partial charge in [0.2, 0.25) is 0 Å². The number of aryl methyl sites for hydroxylation is 1. The molecule has 1 aromatic carbocycles. The van der Waals surface area contributed by atoms with Gasteiger partial charge in [-0.1, -0.05) is 12.1 Å². The molecule has 2 aromatic heterocycles. The van der Waals surface area contributed by atoms with Gasteiger partial charge < -0.3 is 20.4 Å². The van der Waals surface area contributed by atoms with Crippen molar-refractivity contribution in [3.8, 4) is 0 Å². The van der Waals surface area contributed by atoms with E-state index in [0.717, 1.165) is 47.5 Å². The number of furan rings is 1. The summed E-state index contributed by atoms with van der Waals surface area (Å²) < 4.78 is 5.24. The number of hydrogen-bond acceptors (Lipinski definition) is 5. The number of guanidine groups is 1. The van der Waals surface area contributed by atoms with Gasteiger partial charge in [0, 0.05) is 30.5 Å². The lowest BCUT2D eigenvalue weighted by molar-refractivity contribution is 0.0948. The monoisotopic (exact) mass is 553 g/mol. The lowest BCUT2D eigenvalue weighted by Gasteiger charge is -2.11. The van der Waals surface area contributed by atoms with Crippen molar-refractivity contribution in [3.63, 3.8) is 0 Å². The summed E-state index contributed by atoms with van der Waals surface area (Å²) in [6.45, 7) is 6.41. The number of aromatic nitrogens is 1. The van der Waals surface area contributed by atoms with E-state index < -0.39 is 0 Å². The van der Waals surface area contributed by atoms with Gasteiger partial charge in [-0.05, 0) is 43.7 Å². The van der Waals surface area contributed by atoms with Crippen LogP contribution in [0.4, 0.5) is 0 Å². The summed E-state index contributed by atoms with van der Waals surface area (Å²) in [5, 5.41) is 12.6. The van der Waals surface area contributed by atoms with Gasteiger partial charge in [-0.15, -0.1) is 35.3 Å². The number of halogens is 1. The molecule has 1 amide bonds. The van der Waals surface area contributed by atoms with Gasteiger partial charge in [0.25, 0.3) is 5.91 Å². The van der Waals surface area contributed by atoms with Crippen LogP contribution in [-0.2, 0) is 19.5 Å². The predicted octanol–water partition coefficient (Wildman–Crippen LogP) is 3.89. The summed E-state index contributed by atoms with van der Waals surface area (Å²) >= 11 is 1.66. The Morgan fingerprint density at radius 2 is 2.06 bits per heavy atom. The fraction of sp³-hybridized carbons (Fsp3) is 0.318. The molecule has 0 bridgehead atoms. The first-order valence-corrected chi connectivity index (χ1v) is 10.8. The molecule has 3 aromatic rings. The molecule has 0 fully saturated rings. The maximum atomic E-state index is 12.4. The zero-order valence-electron chi connectivity index (χ0n) is 17.7. The molecule has 3 N–H and O–H groups in total. The number of nitrogens with one attached hydrogen (secondary N) is 3. The van der Waals surface area contributed by atoms with Crippen molar-refractivity contribution in [2.24, 2.45) is 4.99 Å². The highest BCUT2D eigenvalue weighted by atomic mass is 127. The van der Waals surface area contributed by atoms with Gasteiger partial charge in [0.1, 0.15) is 5.76 Å². The fourth-order valence-corrected chi connectivity index (χ4v) is 3.48. The second-order valence-corrected chi connectivity index (χ2v) is 7.75. The van der Waals surface area contributed by atoms with Crippen molar-refractivity contribution in [1.29, 1.82) is 0 Å². The average Bonchev–Trinajstić information content (AvgIpc) is 3.42. The van der Waals surface area contributed by atoms with Crippen LogP contribution in [-0.4, -0.2) is 29.9 Å². The van der Waals surface area contributed by atoms with E-state index in [1.807, 2.05) is 38.1 Å². The van der Waals surface area contributed by atoms with E-state index >= 15 is 0 Å². The second-order valence-electron chi connectivity index (χ2n) is 6.69. The lowest BCUT2D eigenvalue weighted by Crippen LogP contribution is -2.38. The Bertz CT molecular complexity index is 972. The molecule has 0 atom stereocenters. The zero-order chi connectivity index (χ0) is 21.2. The maximum Gasteiger partial charge on any atom is 0.251 e. The van der Waals surface area contributed by atoms with E-state index in [0.29, 0.717) is 18.7 Å². The summed E-state index contributed by atoms with van der Waals surface area (Å²) in [7, 11) is 0. The average molecular weight is 553 g/mol. The number of nitrogens with zero attached hydrogens (tertiary/aromatic N) is 2. The second kappa shape index (κ2) is 13.1. The van der Waals surface area contributed by atoms with Gasteiger partial charge in [-0.3, -0.25) is 4.79 Å². The van der Waals surface area contributed by atoms with Crippen LogP contribution < -0.4 is 16.0 Å². The van der Waals surface area contributed by atoms with Crippen molar-refractivity contribution in [2.45, 2.75) is 33.4 Å². The summed E-state index contributed by atoms with van der Waals surface area (Å²) in [6, 6.07) is 11.1. The molecule has 2 heterocycles. The molecule has 0 aliphatic rings. The topological polar surface area (TPSA) is 91.5 Å². The van der Waals surface area contributed by atoms with Crippen LogP contribution in [0.5, 0.6) is 0 Å². The van der Waals surface area contributed by atoms with Gasteiger partial charge in [-0.25, -0.2) is 9.98 Å². The van der Waals surface area contributed by atoms with Crippen LogP contribution in [0.1, 0.15) is 39.3 Å². The number of hydrogen-bond donors (Lipinski definition) is 3. The minimum atomic E-state index is -0.138. The van der Waals surface area contributed by atoms with E-state index in [1.54, 1.807) is 29.7 Å². The Morgan fingerprint density at radius 1 is 1.19 bits per heavy atom. The highest BCUT2D eigenvalue weighted by molar-refractivity contribution is 14.0. The van der Waals surface area contributed by atoms with E-state index in [2.05, 4.69) is 31.3 Å². The predicted molar refractivity (Wildman–Crippen MR) is 135 cm³/mol. The molecular formula is C22H28IN5O2S. The molecule has 31 heavy (non-hydrogen) atoms. The third-order valence-corrected chi connectivity index (χ3v) is 5.12. The first kappa shape index (κ1) is 24.9. The zero-order valence-corrected chi connectivity index (χ0v) is 20.8. The number of carbonyl (C=O) groups excluding carboxylic acids is 1. The molecule has 9 heteroatoms. The van der Waals surface area contributed by atoms with Crippen molar-refractivity contribution >= 4 is 47.2 Å². The molecular weight excluding hydrogens is 525 g/mol. The Hall–Kier alpha value is -2.40. The summed E-state index contributed by atoms with van der Waals surface area (Å²) in [6.07, 6.45) is 2.44. The molecule has 0 saturated carbocycles. The number of rotatable bonds is 9. The first-order chi connectivity index (χ1) is 14.6. The number of benzene rings is 1. The minimum Gasteiger partial charge on any atom is -0.467 e. The molecule has 0 unspecified atom stereocenters. The highest BCUT2D eigenvalue weighted by Gasteiger charge is 2.07. The Kier molecular flexibility index (Phi) is 10.5. The van der Waals surface area contributed by atoms with Crippen LogP contribution in [0.3, 0.4) is 0 Å². The van der Waals surface area contributed by atoms with Crippen LogP contribution in [0, 0.1) is 6.92 Å². The van der Waals surface area contributed by atoms with Crippen LogP contribution in [0.15, 0.2) is 57.5 Å². The summed E-state index contributed by atoms with van der Waals surface area (Å²) in [5.41, 5.74) is 2.66. The molecule has 0 aliphatic heterocycles. The van der Waals surface area contributed by atoms with Crippen molar-refractivity contribution in [3.05, 3.63) is 75.6 Å². The molecule has 0 radical (unpaired) electrons. The summed E-state index contributed by atoms with van der Waals surface area (Å²) in [4.78, 5) is 21.5. The van der Waals surface area contributed by atoms with Gasteiger partial charge in [-0.2, -0.15) is 0 Å². The Labute approximate surface area is 203 Å². The molecule has 7 nitrogen and oxygen atoms in total. The van der Waals surface area contributed by atoms with E-state index in [9.17, 15) is 4.79 Å². The molecule has 0 saturated heterocycles. The standard InChI is InChI=1S/C22H27N5O2S.HI/c1-3-23-22(24-10-9-19-15-30-16(2)27-19)26-13-17-6-4-7-18(12-17)21(28)25-14-20-8-5-11-29-20;/h4-8,11-12,15H,3,9-10,13-14H2,1-2H3,(H,25,28)(H2,23,24,26);1H. The maximum absolute atomic E-state index is 12.4. The highest BCUT2D eigenvalue weighted by Crippen LogP contribution is 2.09. The number of thiazole rings is 1. The van der Waals surface area contributed by atoms with Crippen LogP contribution >= 0.6 is 35.3 Å². The summed E-state index contributed by atoms with van der Waals surface area (Å²) in [5.74, 6) is 1.33. The Balaban J connectivity index is 0.00000341.